The van der Waals surface area contributed by atoms with Gasteiger partial charge in [0.1, 0.15) is 13.2 Å². The third-order valence-corrected chi connectivity index (χ3v) is 11.7. The molecule has 1 atom stereocenters. The van der Waals surface area contributed by atoms with Crippen LogP contribution in [-0.4, -0.2) is 37.2 Å². The number of carbonyl (C=O) groups is 3. The van der Waals surface area contributed by atoms with Crippen LogP contribution >= 0.6 is 0 Å². The highest BCUT2D eigenvalue weighted by Gasteiger charge is 2.19. The summed E-state index contributed by atoms with van der Waals surface area (Å²) in [6.45, 7) is 6.60. The van der Waals surface area contributed by atoms with Crippen molar-refractivity contribution in [3.63, 3.8) is 0 Å². The molecule has 0 aliphatic carbocycles. The second-order valence-electron chi connectivity index (χ2n) is 17.8. The van der Waals surface area contributed by atoms with Crippen LogP contribution in [0.5, 0.6) is 0 Å². The number of hydrogen-bond donors (Lipinski definition) is 0. The molecule has 0 amide bonds. The van der Waals surface area contributed by atoms with E-state index in [-0.39, 0.29) is 31.1 Å². The Hall–Kier alpha value is -2.11. The van der Waals surface area contributed by atoms with Crippen molar-refractivity contribution in [2.45, 2.75) is 290 Å². The predicted molar refractivity (Wildman–Crippen MR) is 256 cm³/mol. The molecule has 0 aromatic rings. The van der Waals surface area contributed by atoms with Gasteiger partial charge in [0.15, 0.2) is 6.10 Å². The van der Waals surface area contributed by atoms with Crippen LogP contribution in [0.1, 0.15) is 284 Å². The minimum absolute atomic E-state index is 0.0686. The van der Waals surface area contributed by atoms with Gasteiger partial charge in [-0.25, -0.2) is 0 Å². The maximum atomic E-state index is 12.8. The molecular weight excluding hydrogens is 745 g/mol. The Labute approximate surface area is 373 Å². The van der Waals surface area contributed by atoms with Gasteiger partial charge < -0.3 is 14.2 Å². The molecule has 0 fully saturated rings. The fourth-order valence-electron chi connectivity index (χ4n) is 7.71. The van der Waals surface area contributed by atoms with Crippen LogP contribution in [0.25, 0.3) is 0 Å². The van der Waals surface area contributed by atoms with E-state index in [0.717, 1.165) is 64.2 Å². The van der Waals surface area contributed by atoms with Crippen LogP contribution in [0.4, 0.5) is 0 Å². The second-order valence-corrected chi connectivity index (χ2v) is 17.8. The number of carbonyl (C=O) groups excluding carboxylic acids is 3. The van der Waals surface area contributed by atoms with Gasteiger partial charge in [-0.05, 0) is 51.4 Å². The molecule has 1 unspecified atom stereocenters. The summed E-state index contributed by atoms with van der Waals surface area (Å²) in [6.07, 6.45) is 56.0. The normalized spacial score (nSPS) is 12.1. The van der Waals surface area contributed by atoms with Crippen molar-refractivity contribution in [3.8, 4) is 0 Å². The van der Waals surface area contributed by atoms with Crippen molar-refractivity contribution >= 4 is 17.9 Å². The van der Waals surface area contributed by atoms with E-state index in [4.69, 9.17) is 14.2 Å². The van der Waals surface area contributed by atoms with E-state index >= 15 is 0 Å². The van der Waals surface area contributed by atoms with Crippen molar-refractivity contribution in [2.75, 3.05) is 13.2 Å². The number of allylic oxidation sites excluding steroid dienone is 4. The van der Waals surface area contributed by atoms with Crippen LogP contribution in [0.2, 0.25) is 0 Å². The van der Waals surface area contributed by atoms with Crippen molar-refractivity contribution in [1.29, 1.82) is 0 Å². The first kappa shape index (κ1) is 57.9. The number of esters is 3. The van der Waals surface area contributed by atoms with Crippen molar-refractivity contribution in [3.05, 3.63) is 24.3 Å². The second kappa shape index (κ2) is 49.5. The van der Waals surface area contributed by atoms with Gasteiger partial charge in [0.05, 0.1) is 0 Å². The molecular formula is C54H100O6. The topological polar surface area (TPSA) is 78.9 Å². The lowest BCUT2D eigenvalue weighted by molar-refractivity contribution is -0.167. The summed E-state index contributed by atoms with van der Waals surface area (Å²) in [5, 5.41) is 0. The fraction of sp³-hybridized carbons (Fsp3) is 0.870. The summed E-state index contributed by atoms with van der Waals surface area (Å²) in [5.74, 6) is -0.865. The SMILES string of the molecule is CCCCC/C=C\C/C=C\CCCCCCCCCCCC(=O)OCC(COC(=O)CCCCCCCCC)OC(=O)CCCCCCCCCCCCCCCCCC. The van der Waals surface area contributed by atoms with Crippen LogP contribution in [0.3, 0.4) is 0 Å². The van der Waals surface area contributed by atoms with Gasteiger partial charge in [-0.15, -0.1) is 0 Å². The molecule has 0 aromatic heterocycles. The Balaban J connectivity index is 4.20. The molecule has 0 radical (unpaired) electrons. The molecule has 0 heterocycles. The first-order chi connectivity index (χ1) is 29.5. The number of rotatable bonds is 48. The predicted octanol–water partition coefficient (Wildman–Crippen LogP) is 17.2. The summed E-state index contributed by atoms with van der Waals surface area (Å²) >= 11 is 0. The average molecular weight is 845 g/mol. The summed E-state index contributed by atoms with van der Waals surface area (Å²) in [5.41, 5.74) is 0. The highest BCUT2D eigenvalue weighted by atomic mass is 16.6. The Morgan fingerprint density at radius 2 is 0.600 bits per heavy atom. The Kier molecular flexibility index (Phi) is 47.8. The summed E-state index contributed by atoms with van der Waals surface area (Å²) in [4.78, 5) is 37.8. The minimum Gasteiger partial charge on any atom is -0.462 e. The Morgan fingerprint density at radius 3 is 0.950 bits per heavy atom. The summed E-state index contributed by atoms with van der Waals surface area (Å²) in [6, 6.07) is 0. The van der Waals surface area contributed by atoms with Gasteiger partial charge >= 0.3 is 17.9 Å². The number of unbranched alkanes of at least 4 members (excludes halogenated alkanes) is 33. The van der Waals surface area contributed by atoms with Crippen molar-refractivity contribution in [2.24, 2.45) is 0 Å². The number of ether oxygens (including phenoxy) is 3. The van der Waals surface area contributed by atoms with Crippen LogP contribution < -0.4 is 0 Å². The van der Waals surface area contributed by atoms with Crippen LogP contribution in [-0.2, 0) is 28.6 Å². The molecule has 0 spiro atoms. The summed E-state index contributed by atoms with van der Waals surface area (Å²) < 4.78 is 16.7. The van der Waals surface area contributed by atoms with Crippen LogP contribution in [0.15, 0.2) is 24.3 Å². The van der Waals surface area contributed by atoms with Gasteiger partial charge in [0, 0.05) is 19.3 Å². The van der Waals surface area contributed by atoms with Crippen molar-refractivity contribution in [1.82, 2.24) is 0 Å². The minimum atomic E-state index is -0.765. The Morgan fingerprint density at radius 1 is 0.333 bits per heavy atom. The molecule has 352 valence electrons. The lowest BCUT2D eigenvalue weighted by Crippen LogP contribution is -2.30. The molecule has 0 saturated carbocycles. The quantitative estimate of drug-likeness (QED) is 0.0263. The summed E-state index contributed by atoms with van der Waals surface area (Å²) in [7, 11) is 0. The van der Waals surface area contributed by atoms with E-state index in [2.05, 4.69) is 45.1 Å². The van der Waals surface area contributed by atoms with Crippen molar-refractivity contribution < 1.29 is 28.6 Å². The van der Waals surface area contributed by atoms with E-state index in [1.165, 1.54) is 180 Å². The van der Waals surface area contributed by atoms with E-state index in [1.807, 2.05) is 0 Å². The molecule has 0 rings (SSSR count). The van der Waals surface area contributed by atoms with Gasteiger partial charge in [-0.3, -0.25) is 14.4 Å². The van der Waals surface area contributed by atoms with Gasteiger partial charge in [0.25, 0.3) is 0 Å². The average Bonchev–Trinajstić information content (AvgIpc) is 3.24. The molecule has 0 bridgehead atoms. The van der Waals surface area contributed by atoms with Crippen LogP contribution in [0, 0.1) is 0 Å². The Bertz CT molecular complexity index is 973. The lowest BCUT2D eigenvalue weighted by atomic mass is 10.0. The maximum Gasteiger partial charge on any atom is 0.306 e. The zero-order valence-electron chi connectivity index (χ0n) is 40.2. The van der Waals surface area contributed by atoms with E-state index in [9.17, 15) is 14.4 Å². The standard InChI is InChI=1S/C54H100O6/c1-4-7-10-13-16-18-20-22-24-26-27-28-30-31-33-35-38-41-44-47-53(56)59-50-51(49-58-52(55)46-43-40-37-15-12-9-6-3)60-54(57)48-45-42-39-36-34-32-29-25-23-21-19-17-14-11-8-5-2/h16,18,22,24,51H,4-15,17,19-21,23,25-50H2,1-3H3/b18-16-,24-22-. The number of hydrogen-bond acceptors (Lipinski definition) is 6. The zero-order chi connectivity index (χ0) is 43.7. The molecule has 0 N–H and O–H groups in total. The highest BCUT2D eigenvalue weighted by Crippen LogP contribution is 2.16. The highest BCUT2D eigenvalue weighted by molar-refractivity contribution is 5.71. The monoisotopic (exact) mass is 845 g/mol. The molecule has 0 aromatic carbocycles. The van der Waals surface area contributed by atoms with E-state index < -0.39 is 6.10 Å². The molecule has 0 aliphatic rings. The smallest absolute Gasteiger partial charge is 0.306 e. The molecule has 60 heavy (non-hydrogen) atoms. The van der Waals surface area contributed by atoms with Gasteiger partial charge in [-0.2, -0.15) is 0 Å². The maximum absolute atomic E-state index is 12.8. The zero-order valence-corrected chi connectivity index (χ0v) is 40.2. The lowest BCUT2D eigenvalue weighted by Gasteiger charge is -2.18. The molecule has 0 saturated heterocycles. The molecule has 6 heteroatoms. The van der Waals surface area contributed by atoms with E-state index in [0.29, 0.717) is 19.3 Å². The van der Waals surface area contributed by atoms with E-state index in [1.54, 1.807) is 0 Å². The molecule has 0 aliphatic heterocycles. The first-order valence-electron chi connectivity index (χ1n) is 26.3. The fourth-order valence-corrected chi connectivity index (χ4v) is 7.71. The largest absolute Gasteiger partial charge is 0.462 e. The van der Waals surface area contributed by atoms with Gasteiger partial charge in [0.2, 0.25) is 0 Å². The first-order valence-corrected chi connectivity index (χ1v) is 26.3. The third kappa shape index (κ3) is 46.9. The third-order valence-electron chi connectivity index (χ3n) is 11.7. The molecule has 6 nitrogen and oxygen atoms in total. The van der Waals surface area contributed by atoms with Gasteiger partial charge in [-0.1, -0.05) is 238 Å².